The molecular formula is C17H20FN3O4S. The van der Waals surface area contributed by atoms with E-state index in [4.69, 9.17) is 4.84 Å². The van der Waals surface area contributed by atoms with Crippen LogP contribution in [0.5, 0.6) is 0 Å². The van der Waals surface area contributed by atoms with Crippen molar-refractivity contribution in [1.82, 2.24) is 9.79 Å². The summed E-state index contributed by atoms with van der Waals surface area (Å²) in [5.74, 6) is -0.299. The van der Waals surface area contributed by atoms with Gasteiger partial charge in [0, 0.05) is 19.3 Å². The van der Waals surface area contributed by atoms with Crippen LogP contribution in [0, 0.1) is 12.7 Å². The minimum atomic E-state index is -3.74. The standard InChI is InChI=1S/C17H20FN3O4S/c1-12-10-13(4-9-16(12)18)11-19-17(22)20-14-5-7-15(8-6-14)26(23,24)21(2)25-3/h4-10H,11H2,1-3H3,(H2,19,20,22). The smallest absolute Gasteiger partial charge is 0.319 e. The van der Waals surface area contributed by atoms with E-state index >= 15 is 0 Å². The van der Waals surface area contributed by atoms with Crippen LogP contribution >= 0.6 is 0 Å². The first-order valence-corrected chi connectivity index (χ1v) is 9.11. The Bertz CT molecular complexity index is 885. The Kier molecular flexibility index (Phi) is 6.30. The molecule has 0 bridgehead atoms. The molecule has 0 radical (unpaired) electrons. The molecule has 2 aromatic carbocycles. The lowest BCUT2D eigenvalue weighted by atomic mass is 10.1. The molecule has 0 aliphatic rings. The number of nitrogens with one attached hydrogen (secondary N) is 2. The number of aryl methyl sites for hydroxylation is 1. The van der Waals surface area contributed by atoms with E-state index in [0.29, 0.717) is 11.3 Å². The first-order valence-electron chi connectivity index (χ1n) is 7.67. The van der Waals surface area contributed by atoms with Crippen LogP contribution in [0.1, 0.15) is 11.1 Å². The third-order valence-corrected chi connectivity index (χ3v) is 5.37. The molecule has 0 heterocycles. The van der Waals surface area contributed by atoms with Crippen LogP contribution in [-0.4, -0.2) is 33.1 Å². The summed E-state index contributed by atoms with van der Waals surface area (Å²) in [5.41, 5.74) is 1.70. The Morgan fingerprint density at radius 1 is 1.19 bits per heavy atom. The number of benzene rings is 2. The summed E-state index contributed by atoms with van der Waals surface area (Å²) in [5, 5.41) is 5.24. The molecule has 9 heteroatoms. The van der Waals surface area contributed by atoms with Crippen molar-refractivity contribution in [2.24, 2.45) is 0 Å². The lowest BCUT2D eigenvalue weighted by Gasteiger charge is -2.14. The monoisotopic (exact) mass is 381 g/mol. The molecule has 0 spiro atoms. The highest BCUT2D eigenvalue weighted by Crippen LogP contribution is 2.17. The fourth-order valence-corrected chi connectivity index (χ4v) is 3.10. The summed E-state index contributed by atoms with van der Waals surface area (Å²) in [6, 6.07) is 9.80. The second-order valence-corrected chi connectivity index (χ2v) is 7.45. The number of sulfonamides is 1. The third kappa shape index (κ3) is 4.78. The van der Waals surface area contributed by atoms with Gasteiger partial charge >= 0.3 is 6.03 Å². The number of carbonyl (C=O) groups excluding carboxylic acids is 1. The fraction of sp³-hybridized carbons (Fsp3) is 0.235. The summed E-state index contributed by atoms with van der Waals surface area (Å²) in [6.07, 6.45) is 0. The third-order valence-electron chi connectivity index (χ3n) is 3.68. The van der Waals surface area contributed by atoms with Crippen molar-refractivity contribution < 1.29 is 22.4 Å². The number of nitrogens with zero attached hydrogens (tertiary/aromatic N) is 1. The molecule has 26 heavy (non-hydrogen) atoms. The van der Waals surface area contributed by atoms with Crippen LogP contribution in [0.15, 0.2) is 47.4 Å². The van der Waals surface area contributed by atoms with Crippen molar-refractivity contribution in [3.05, 3.63) is 59.4 Å². The maximum atomic E-state index is 13.2. The van der Waals surface area contributed by atoms with Gasteiger partial charge in [-0.1, -0.05) is 16.6 Å². The maximum absolute atomic E-state index is 13.2. The predicted molar refractivity (Wildman–Crippen MR) is 95.4 cm³/mol. The highest BCUT2D eigenvalue weighted by atomic mass is 32.2. The zero-order valence-corrected chi connectivity index (χ0v) is 15.4. The molecule has 2 N–H and O–H groups in total. The second-order valence-electron chi connectivity index (χ2n) is 5.51. The normalized spacial score (nSPS) is 11.4. The highest BCUT2D eigenvalue weighted by Gasteiger charge is 2.20. The van der Waals surface area contributed by atoms with Gasteiger partial charge in [0.05, 0.1) is 12.0 Å². The minimum Gasteiger partial charge on any atom is -0.334 e. The van der Waals surface area contributed by atoms with Gasteiger partial charge in [-0.15, -0.1) is 0 Å². The molecule has 140 valence electrons. The minimum absolute atomic E-state index is 0.0367. The van der Waals surface area contributed by atoms with Gasteiger partial charge < -0.3 is 10.6 Å². The lowest BCUT2D eigenvalue weighted by molar-refractivity contribution is -0.0258. The number of rotatable bonds is 6. The number of anilines is 1. The van der Waals surface area contributed by atoms with Crippen LogP contribution in [-0.2, 0) is 21.4 Å². The Labute approximate surface area is 151 Å². The molecule has 0 atom stereocenters. The zero-order chi connectivity index (χ0) is 19.3. The quantitative estimate of drug-likeness (QED) is 0.753. The number of amides is 2. The van der Waals surface area contributed by atoms with E-state index in [0.717, 1.165) is 10.0 Å². The molecule has 0 aliphatic heterocycles. The Morgan fingerprint density at radius 3 is 2.42 bits per heavy atom. The van der Waals surface area contributed by atoms with E-state index in [9.17, 15) is 17.6 Å². The van der Waals surface area contributed by atoms with Crippen LogP contribution in [0.25, 0.3) is 0 Å². The lowest BCUT2D eigenvalue weighted by Crippen LogP contribution is -2.28. The van der Waals surface area contributed by atoms with Crippen molar-refractivity contribution in [2.45, 2.75) is 18.4 Å². The number of halogens is 1. The van der Waals surface area contributed by atoms with Crippen molar-refractivity contribution in [1.29, 1.82) is 0 Å². The summed E-state index contributed by atoms with van der Waals surface area (Å²) in [4.78, 5) is 16.7. The zero-order valence-electron chi connectivity index (χ0n) is 14.6. The van der Waals surface area contributed by atoms with Crippen LogP contribution in [0.2, 0.25) is 0 Å². The average molecular weight is 381 g/mol. The molecule has 0 aliphatic carbocycles. The van der Waals surface area contributed by atoms with Crippen LogP contribution < -0.4 is 10.6 Å². The highest BCUT2D eigenvalue weighted by molar-refractivity contribution is 7.89. The Balaban J connectivity index is 1.96. The number of hydrogen-bond donors (Lipinski definition) is 2. The molecule has 2 rings (SSSR count). The maximum Gasteiger partial charge on any atom is 0.319 e. The van der Waals surface area contributed by atoms with Gasteiger partial charge in [-0.25, -0.2) is 17.6 Å². The summed E-state index contributed by atoms with van der Waals surface area (Å²) in [6.45, 7) is 1.88. The SMILES string of the molecule is CON(C)S(=O)(=O)c1ccc(NC(=O)NCc2ccc(F)c(C)c2)cc1. The van der Waals surface area contributed by atoms with Crippen molar-refractivity contribution in [2.75, 3.05) is 19.5 Å². The van der Waals surface area contributed by atoms with E-state index < -0.39 is 16.1 Å². The number of hydrogen-bond acceptors (Lipinski definition) is 4. The first kappa shape index (κ1) is 19.8. The second kappa shape index (κ2) is 8.26. The van der Waals surface area contributed by atoms with Crippen molar-refractivity contribution in [3.63, 3.8) is 0 Å². The fourth-order valence-electron chi connectivity index (χ4n) is 2.13. The van der Waals surface area contributed by atoms with E-state index in [-0.39, 0.29) is 17.3 Å². The number of urea groups is 1. The van der Waals surface area contributed by atoms with E-state index in [1.165, 1.54) is 44.5 Å². The molecular weight excluding hydrogens is 361 g/mol. The molecule has 0 aromatic heterocycles. The average Bonchev–Trinajstić information content (AvgIpc) is 2.62. The molecule has 2 amide bonds. The van der Waals surface area contributed by atoms with E-state index in [2.05, 4.69) is 10.6 Å². The van der Waals surface area contributed by atoms with Gasteiger partial charge in [0.25, 0.3) is 10.0 Å². The van der Waals surface area contributed by atoms with Gasteiger partial charge in [0.1, 0.15) is 5.82 Å². The predicted octanol–water partition coefficient (Wildman–Crippen LogP) is 2.64. The molecule has 0 saturated carbocycles. The summed E-state index contributed by atoms with van der Waals surface area (Å²) < 4.78 is 38.1. The largest absolute Gasteiger partial charge is 0.334 e. The molecule has 7 nitrogen and oxygen atoms in total. The van der Waals surface area contributed by atoms with Crippen LogP contribution in [0.3, 0.4) is 0 Å². The van der Waals surface area contributed by atoms with Crippen molar-refractivity contribution >= 4 is 21.7 Å². The van der Waals surface area contributed by atoms with Gasteiger partial charge in [-0.3, -0.25) is 4.84 Å². The van der Waals surface area contributed by atoms with Gasteiger partial charge in [0.2, 0.25) is 0 Å². The van der Waals surface area contributed by atoms with Crippen molar-refractivity contribution in [3.8, 4) is 0 Å². The first-order chi connectivity index (χ1) is 12.2. The van der Waals surface area contributed by atoms with Crippen LogP contribution in [0.4, 0.5) is 14.9 Å². The van der Waals surface area contributed by atoms with Gasteiger partial charge in [-0.2, -0.15) is 0 Å². The van der Waals surface area contributed by atoms with E-state index in [1.807, 2.05) is 0 Å². The molecule has 0 fully saturated rings. The Morgan fingerprint density at radius 2 is 1.85 bits per heavy atom. The molecule has 0 saturated heterocycles. The topological polar surface area (TPSA) is 87.7 Å². The molecule has 2 aromatic rings. The number of hydroxylamine groups is 1. The molecule has 0 unspecified atom stereocenters. The van der Waals surface area contributed by atoms with Gasteiger partial charge in [-0.05, 0) is 48.4 Å². The number of carbonyl (C=O) groups is 1. The van der Waals surface area contributed by atoms with E-state index in [1.54, 1.807) is 19.1 Å². The Hall–Kier alpha value is -2.49. The summed E-state index contributed by atoms with van der Waals surface area (Å²) >= 11 is 0. The van der Waals surface area contributed by atoms with Gasteiger partial charge in [0.15, 0.2) is 0 Å². The summed E-state index contributed by atoms with van der Waals surface area (Å²) in [7, 11) is -1.20.